The molecule has 7 N–H and O–H groups in total. The standard InChI is InChI=1S/C25H35NO9/c1-12(2)22(31)17(34-16(28)14-7-6-10-26-14)23(32)18(4)11-21(30)19(22,5)25(23,33)24(35-21)15(27)13(3)8-9-20(18,24)29/h6-7,10,12-13,15,17,26-27,29-33H,8-9,11H2,1-5H3/t13-,15+,17?,18-,19-,20-,21-,22+,23+,24+,25+/m0/s1. The molecule has 10 heteroatoms. The molecular weight excluding hydrogens is 458 g/mol. The Bertz CT molecular complexity index is 1130. The average molecular weight is 494 g/mol. The van der Waals surface area contributed by atoms with Gasteiger partial charge in [0.2, 0.25) is 0 Å². The fourth-order valence-corrected chi connectivity index (χ4v) is 9.56. The van der Waals surface area contributed by atoms with Gasteiger partial charge in [-0.1, -0.05) is 27.7 Å². The van der Waals surface area contributed by atoms with Crippen molar-refractivity contribution in [2.45, 2.75) is 99.9 Å². The number of rotatable bonds is 3. The number of ether oxygens (including phenoxy) is 2. The Balaban J connectivity index is 1.69. The third-order valence-electron chi connectivity index (χ3n) is 11.3. The second-order valence-corrected chi connectivity index (χ2v) is 12.4. The van der Waals surface area contributed by atoms with E-state index in [1.54, 1.807) is 26.8 Å². The molecule has 10 nitrogen and oxygen atoms in total. The number of hydrogen-bond donors (Lipinski definition) is 7. The van der Waals surface area contributed by atoms with Gasteiger partial charge in [-0.25, -0.2) is 4.79 Å². The number of carbonyl (C=O) groups is 1. The van der Waals surface area contributed by atoms with Crippen LogP contribution in [0.25, 0.3) is 0 Å². The third-order valence-corrected chi connectivity index (χ3v) is 11.3. The lowest BCUT2D eigenvalue weighted by Gasteiger charge is -2.60. The van der Waals surface area contributed by atoms with Crippen molar-refractivity contribution in [2.75, 3.05) is 0 Å². The molecule has 4 saturated carbocycles. The largest absolute Gasteiger partial charge is 0.451 e. The van der Waals surface area contributed by atoms with Gasteiger partial charge in [0.05, 0.1) is 11.5 Å². The summed E-state index contributed by atoms with van der Waals surface area (Å²) in [4.78, 5) is 15.9. The van der Waals surface area contributed by atoms with Crippen LogP contribution in [0.1, 0.15) is 64.4 Å². The SMILES string of the molecule is CC(C)[C@@]1(O)C(OC(=O)c2ccc[nH]2)[C@@]2(O)[C@@]3(C)C[C@]4(O)O[C@@]5([C@H](O)[C@@H](C)CC[C@]35O)[C@@]2(O)[C@]14C. The van der Waals surface area contributed by atoms with Crippen molar-refractivity contribution in [1.29, 1.82) is 0 Å². The van der Waals surface area contributed by atoms with Crippen molar-refractivity contribution in [1.82, 2.24) is 4.98 Å². The summed E-state index contributed by atoms with van der Waals surface area (Å²) >= 11 is 0. The number of carbonyl (C=O) groups excluding carboxylic acids is 1. The highest BCUT2D eigenvalue weighted by Gasteiger charge is 3.10. The first-order valence-corrected chi connectivity index (χ1v) is 12.4. The molecule has 11 atom stereocenters. The lowest BCUT2D eigenvalue weighted by molar-refractivity contribution is -0.390. The number of aliphatic hydroxyl groups excluding tert-OH is 1. The molecule has 0 amide bonds. The summed E-state index contributed by atoms with van der Waals surface area (Å²) in [5.74, 6) is -4.34. The number of aromatic nitrogens is 1. The minimum Gasteiger partial charge on any atom is -0.451 e. The fourth-order valence-electron chi connectivity index (χ4n) is 9.56. The van der Waals surface area contributed by atoms with E-state index in [9.17, 15) is 35.4 Å². The summed E-state index contributed by atoms with van der Waals surface area (Å²) < 4.78 is 12.1. The number of hydrogen-bond acceptors (Lipinski definition) is 9. The Morgan fingerprint density at radius 3 is 2.43 bits per heavy atom. The summed E-state index contributed by atoms with van der Waals surface area (Å²) in [6.07, 6.45) is -1.63. The van der Waals surface area contributed by atoms with Crippen LogP contribution in [-0.4, -0.2) is 87.6 Å². The molecule has 2 saturated heterocycles. The van der Waals surface area contributed by atoms with E-state index in [4.69, 9.17) is 9.47 Å². The lowest BCUT2D eigenvalue weighted by Crippen LogP contribution is -2.75. The Morgan fingerprint density at radius 1 is 1.20 bits per heavy atom. The van der Waals surface area contributed by atoms with Gasteiger partial charge in [0, 0.05) is 18.0 Å². The molecule has 7 rings (SSSR count). The first-order valence-electron chi connectivity index (χ1n) is 12.4. The number of H-pyrrole nitrogens is 1. The van der Waals surface area contributed by atoms with Crippen LogP contribution in [0.4, 0.5) is 0 Å². The fraction of sp³-hybridized carbons (Fsp3) is 0.800. The van der Waals surface area contributed by atoms with Gasteiger partial charge in [0.25, 0.3) is 0 Å². The molecule has 194 valence electrons. The van der Waals surface area contributed by atoms with Gasteiger partial charge in [0.15, 0.2) is 17.5 Å². The van der Waals surface area contributed by atoms with E-state index in [-0.39, 0.29) is 18.5 Å². The van der Waals surface area contributed by atoms with Crippen LogP contribution in [-0.2, 0) is 9.47 Å². The van der Waals surface area contributed by atoms with Crippen LogP contribution in [0, 0.1) is 22.7 Å². The van der Waals surface area contributed by atoms with Crippen molar-refractivity contribution >= 4 is 5.97 Å². The predicted octanol–water partition coefficient (Wildman–Crippen LogP) is -0.188. The van der Waals surface area contributed by atoms with E-state index in [0.29, 0.717) is 6.42 Å². The number of nitrogens with one attached hydrogen (secondary N) is 1. The van der Waals surface area contributed by atoms with Gasteiger partial charge in [-0.05, 0) is 43.7 Å². The molecular formula is C25H35NO9. The highest BCUT2D eigenvalue weighted by Crippen LogP contribution is 2.90. The quantitative estimate of drug-likeness (QED) is 0.282. The van der Waals surface area contributed by atoms with Gasteiger partial charge >= 0.3 is 5.97 Å². The van der Waals surface area contributed by atoms with E-state index in [1.807, 2.05) is 0 Å². The van der Waals surface area contributed by atoms with Gasteiger partial charge in [0.1, 0.15) is 28.1 Å². The zero-order chi connectivity index (χ0) is 25.8. The van der Waals surface area contributed by atoms with Crippen molar-refractivity contribution in [3.8, 4) is 0 Å². The molecule has 1 aromatic rings. The monoisotopic (exact) mass is 493 g/mol. The molecule has 6 aliphatic rings. The summed E-state index contributed by atoms with van der Waals surface area (Å²) in [7, 11) is 0. The van der Waals surface area contributed by atoms with Gasteiger partial charge < -0.3 is 45.1 Å². The summed E-state index contributed by atoms with van der Waals surface area (Å²) in [5.41, 5.74) is -15.2. The number of aliphatic hydroxyl groups is 6. The topological polar surface area (TPSA) is 173 Å². The molecule has 6 fully saturated rings. The third kappa shape index (κ3) is 1.74. The molecule has 35 heavy (non-hydrogen) atoms. The lowest BCUT2D eigenvalue weighted by atomic mass is 9.52. The molecule has 1 spiro atoms. The first-order chi connectivity index (χ1) is 16.0. The van der Waals surface area contributed by atoms with Crippen LogP contribution < -0.4 is 0 Å². The molecule has 0 aromatic carbocycles. The molecule has 1 aromatic heterocycles. The van der Waals surface area contributed by atoms with Crippen LogP contribution in [0.3, 0.4) is 0 Å². The molecule has 4 aliphatic carbocycles. The normalized spacial score (nSPS) is 59.8. The Kier molecular flexibility index (Phi) is 4.06. The second kappa shape index (κ2) is 5.96. The number of esters is 1. The smallest absolute Gasteiger partial charge is 0.355 e. The van der Waals surface area contributed by atoms with Crippen molar-refractivity contribution < 1.29 is 44.9 Å². The average Bonchev–Trinajstić information content (AvgIpc) is 3.41. The zero-order valence-electron chi connectivity index (χ0n) is 20.6. The molecule has 0 radical (unpaired) electrons. The predicted molar refractivity (Wildman–Crippen MR) is 119 cm³/mol. The van der Waals surface area contributed by atoms with Crippen molar-refractivity contribution in [2.24, 2.45) is 22.7 Å². The van der Waals surface area contributed by atoms with Crippen LogP contribution in [0.15, 0.2) is 18.3 Å². The van der Waals surface area contributed by atoms with E-state index in [0.717, 1.165) is 0 Å². The number of aromatic amines is 1. The van der Waals surface area contributed by atoms with E-state index in [2.05, 4.69) is 4.98 Å². The molecule has 3 heterocycles. The van der Waals surface area contributed by atoms with Crippen LogP contribution in [0.5, 0.6) is 0 Å². The zero-order valence-corrected chi connectivity index (χ0v) is 20.6. The summed E-state index contributed by atoms with van der Waals surface area (Å²) in [6.45, 7) is 7.91. The maximum absolute atomic E-state index is 13.2. The van der Waals surface area contributed by atoms with Crippen molar-refractivity contribution in [3.63, 3.8) is 0 Å². The van der Waals surface area contributed by atoms with Crippen molar-refractivity contribution in [3.05, 3.63) is 24.0 Å². The second-order valence-electron chi connectivity index (χ2n) is 12.4. The maximum Gasteiger partial charge on any atom is 0.355 e. The highest BCUT2D eigenvalue weighted by molar-refractivity contribution is 5.87. The molecule has 6 bridgehead atoms. The van der Waals surface area contributed by atoms with Gasteiger partial charge in [-0.15, -0.1) is 0 Å². The summed E-state index contributed by atoms with van der Waals surface area (Å²) in [6, 6.07) is 3.06. The minimum atomic E-state index is -2.59. The van der Waals surface area contributed by atoms with Crippen LogP contribution in [0.2, 0.25) is 0 Å². The molecule has 2 aliphatic heterocycles. The first kappa shape index (κ1) is 23.8. The summed E-state index contributed by atoms with van der Waals surface area (Å²) in [5, 5.41) is 73.9. The maximum atomic E-state index is 13.2. The van der Waals surface area contributed by atoms with Crippen LogP contribution >= 0.6 is 0 Å². The van der Waals surface area contributed by atoms with Gasteiger partial charge in [-0.3, -0.25) is 0 Å². The molecule has 1 unspecified atom stereocenters. The highest BCUT2D eigenvalue weighted by atomic mass is 16.7. The van der Waals surface area contributed by atoms with Gasteiger partial charge in [-0.2, -0.15) is 0 Å². The van der Waals surface area contributed by atoms with E-state index in [1.165, 1.54) is 26.1 Å². The Hall–Kier alpha value is -1.53. The van der Waals surface area contributed by atoms with E-state index < -0.39 is 74.6 Å². The Labute approximate surface area is 202 Å². The van der Waals surface area contributed by atoms with E-state index >= 15 is 0 Å². The minimum absolute atomic E-state index is 0.0654. The Morgan fingerprint density at radius 2 is 1.86 bits per heavy atom.